The first-order valence-electron chi connectivity index (χ1n) is 10.2. The molecule has 0 saturated carbocycles. The third kappa shape index (κ3) is 5.64. The van der Waals surface area contributed by atoms with Crippen molar-refractivity contribution in [3.63, 3.8) is 0 Å². The molecule has 0 fully saturated rings. The molecular weight excluding hydrogens is 420 g/mol. The van der Waals surface area contributed by atoms with E-state index in [9.17, 15) is 13.2 Å². The zero-order valence-corrected chi connectivity index (χ0v) is 18.7. The first-order valence-corrected chi connectivity index (χ1v) is 12.0. The van der Waals surface area contributed by atoms with Crippen LogP contribution in [0.25, 0.3) is 0 Å². The summed E-state index contributed by atoms with van der Waals surface area (Å²) in [4.78, 5) is 12.7. The van der Waals surface area contributed by atoms with Gasteiger partial charge in [-0.1, -0.05) is 41.4 Å². The second-order valence-electron chi connectivity index (χ2n) is 7.46. The zero-order chi connectivity index (χ0) is 21.6. The summed E-state index contributed by atoms with van der Waals surface area (Å²) in [6.45, 7) is 2.05. The van der Waals surface area contributed by atoms with Crippen LogP contribution in [-0.4, -0.2) is 27.4 Å². The van der Waals surface area contributed by atoms with Crippen molar-refractivity contribution >= 4 is 33.2 Å². The van der Waals surface area contributed by atoms with Gasteiger partial charge in [0.15, 0.2) is 0 Å². The molecule has 0 saturated heterocycles. The Morgan fingerprint density at radius 1 is 1.10 bits per heavy atom. The molecule has 0 aliphatic heterocycles. The van der Waals surface area contributed by atoms with Gasteiger partial charge in [0.25, 0.3) is 10.0 Å². The van der Waals surface area contributed by atoms with Crippen LogP contribution >= 0.6 is 11.6 Å². The molecule has 0 unspecified atom stereocenters. The van der Waals surface area contributed by atoms with Crippen LogP contribution in [0.5, 0.6) is 0 Å². The Bertz CT molecular complexity index is 1020. The summed E-state index contributed by atoms with van der Waals surface area (Å²) in [6.07, 6.45) is 7.66. The molecule has 1 amide bonds. The number of nitrogens with zero attached hydrogens (tertiary/aromatic N) is 1. The number of halogens is 1. The van der Waals surface area contributed by atoms with Crippen molar-refractivity contribution in [2.24, 2.45) is 0 Å². The van der Waals surface area contributed by atoms with E-state index >= 15 is 0 Å². The van der Waals surface area contributed by atoms with Crippen LogP contribution in [0.15, 0.2) is 65.1 Å². The van der Waals surface area contributed by atoms with Gasteiger partial charge in [-0.25, -0.2) is 8.42 Å². The first-order chi connectivity index (χ1) is 14.4. The number of anilines is 1. The predicted molar refractivity (Wildman–Crippen MR) is 121 cm³/mol. The van der Waals surface area contributed by atoms with Gasteiger partial charge in [-0.05, 0) is 74.9 Å². The van der Waals surface area contributed by atoms with Crippen LogP contribution in [0.1, 0.15) is 37.7 Å². The molecule has 0 radical (unpaired) electrons. The number of benzene rings is 2. The van der Waals surface area contributed by atoms with E-state index in [1.165, 1.54) is 47.0 Å². The SMILES string of the molecule is Cc1ccccc1N(CC(=O)NCCC1=CCCCC1)S(=O)(=O)c1ccc(Cl)cc1. The molecule has 2 aromatic carbocycles. The third-order valence-electron chi connectivity index (χ3n) is 5.23. The number of hydrogen-bond donors (Lipinski definition) is 1. The zero-order valence-electron chi connectivity index (χ0n) is 17.1. The molecule has 0 bridgehead atoms. The van der Waals surface area contributed by atoms with Crippen molar-refractivity contribution in [1.82, 2.24) is 5.32 Å². The first kappa shape index (κ1) is 22.4. The van der Waals surface area contributed by atoms with Gasteiger partial charge in [0, 0.05) is 11.6 Å². The lowest BCUT2D eigenvalue weighted by atomic mass is 9.97. The van der Waals surface area contributed by atoms with E-state index in [2.05, 4.69) is 11.4 Å². The van der Waals surface area contributed by atoms with Crippen LogP contribution in [0.4, 0.5) is 5.69 Å². The highest BCUT2D eigenvalue weighted by Gasteiger charge is 2.28. The Morgan fingerprint density at radius 3 is 2.50 bits per heavy atom. The Hall–Kier alpha value is -2.31. The summed E-state index contributed by atoms with van der Waals surface area (Å²) < 4.78 is 27.9. The molecule has 30 heavy (non-hydrogen) atoms. The number of amides is 1. The Balaban J connectivity index is 1.78. The fourth-order valence-corrected chi connectivity index (χ4v) is 5.17. The maximum atomic E-state index is 13.3. The number of rotatable bonds is 8. The van der Waals surface area contributed by atoms with Crippen molar-refractivity contribution in [3.05, 3.63) is 70.8 Å². The molecule has 7 heteroatoms. The van der Waals surface area contributed by atoms with Crippen LogP contribution in [0.3, 0.4) is 0 Å². The molecule has 1 N–H and O–H groups in total. The molecule has 0 spiro atoms. The minimum absolute atomic E-state index is 0.0929. The Labute approximate surface area is 183 Å². The predicted octanol–water partition coefficient (Wildman–Crippen LogP) is 4.85. The van der Waals surface area contributed by atoms with E-state index in [4.69, 9.17) is 11.6 Å². The average molecular weight is 447 g/mol. The number of allylic oxidation sites excluding steroid dienone is 1. The van der Waals surface area contributed by atoms with Gasteiger partial charge in [0.2, 0.25) is 5.91 Å². The highest BCUT2D eigenvalue weighted by Crippen LogP contribution is 2.27. The summed E-state index contributed by atoms with van der Waals surface area (Å²) in [5.74, 6) is -0.327. The summed E-state index contributed by atoms with van der Waals surface area (Å²) in [5.41, 5.74) is 2.62. The lowest BCUT2D eigenvalue weighted by Gasteiger charge is -2.25. The van der Waals surface area contributed by atoms with E-state index in [1.807, 2.05) is 19.1 Å². The van der Waals surface area contributed by atoms with E-state index in [0.717, 1.165) is 24.8 Å². The minimum Gasteiger partial charge on any atom is -0.354 e. The van der Waals surface area contributed by atoms with E-state index < -0.39 is 10.0 Å². The van der Waals surface area contributed by atoms with E-state index in [0.29, 0.717) is 17.3 Å². The van der Waals surface area contributed by atoms with Gasteiger partial charge in [0.05, 0.1) is 10.6 Å². The molecule has 1 aliphatic rings. The lowest BCUT2D eigenvalue weighted by Crippen LogP contribution is -2.41. The molecule has 5 nitrogen and oxygen atoms in total. The quantitative estimate of drug-likeness (QED) is 0.589. The summed E-state index contributed by atoms with van der Waals surface area (Å²) in [5, 5.41) is 3.33. The highest BCUT2D eigenvalue weighted by molar-refractivity contribution is 7.92. The van der Waals surface area contributed by atoms with Crippen molar-refractivity contribution in [2.75, 3.05) is 17.4 Å². The Kier molecular flexibility index (Phi) is 7.56. The number of aryl methyl sites for hydroxylation is 1. The molecule has 3 rings (SSSR count). The van der Waals surface area contributed by atoms with Gasteiger partial charge >= 0.3 is 0 Å². The third-order valence-corrected chi connectivity index (χ3v) is 7.25. The van der Waals surface area contributed by atoms with Crippen molar-refractivity contribution in [3.8, 4) is 0 Å². The average Bonchev–Trinajstić information content (AvgIpc) is 2.74. The van der Waals surface area contributed by atoms with Crippen LogP contribution in [0, 0.1) is 6.92 Å². The van der Waals surface area contributed by atoms with Crippen molar-refractivity contribution in [2.45, 2.75) is 43.9 Å². The number of nitrogens with one attached hydrogen (secondary N) is 1. The molecule has 160 valence electrons. The number of para-hydroxylation sites is 1. The molecule has 1 aliphatic carbocycles. The van der Waals surface area contributed by atoms with Crippen LogP contribution in [-0.2, 0) is 14.8 Å². The van der Waals surface area contributed by atoms with Crippen molar-refractivity contribution < 1.29 is 13.2 Å². The lowest BCUT2D eigenvalue weighted by molar-refractivity contribution is -0.119. The largest absolute Gasteiger partial charge is 0.354 e. The fraction of sp³-hybridized carbons (Fsp3) is 0.348. The van der Waals surface area contributed by atoms with Gasteiger partial charge in [-0.2, -0.15) is 0 Å². The molecule has 0 heterocycles. The second kappa shape index (κ2) is 10.1. The molecule has 0 atom stereocenters. The maximum Gasteiger partial charge on any atom is 0.264 e. The normalized spacial score (nSPS) is 14.1. The molecular formula is C23H27ClN2O3S. The maximum absolute atomic E-state index is 13.3. The molecule has 2 aromatic rings. The van der Waals surface area contributed by atoms with Gasteiger partial charge in [-0.3, -0.25) is 9.10 Å². The Morgan fingerprint density at radius 2 is 1.83 bits per heavy atom. The standard InChI is InChI=1S/C23H27ClN2O3S/c1-18-7-5-6-10-22(18)26(30(28,29)21-13-11-20(24)12-14-21)17-23(27)25-16-15-19-8-3-2-4-9-19/h5-8,10-14H,2-4,9,15-17H2,1H3,(H,25,27). The number of sulfonamides is 1. The monoisotopic (exact) mass is 446 g/mol. The number of hydrogen-bond acceptors (Lipinski definition) is 3. The fourth-order valence-electron chi connectivity index (χ4n) is 3.56. The highest BCUT2D eigenvalue weighted by atomic mass is 35.5. The number of carbonyl (C=O) groups excluding carboxylic acids is 1. The van der Waals surface area contributed by atoms with E-state index in [-0.39, 0.29) is 17.3 Å². The van der Waals surface area contributed by atoms with Crippen molar-refractivity contribution in [1.29, 1.82) is 0 Å². The second-order valence-corrected chi connectivity index (χ2v) is 9.76. The molecule has 0 aromatic heterocycles. The minimum atomic E-state index is -3.93. The van der Waals surface area contributed by atoms with Gasteiger partial charge in [-0.15, -0.1) is 0 Å². The summed E-state index contributed by atoms with van der Waals surface area (Å²) in [7, 11) is -3.93. The van der Waals surface area contributed by atoms with Gasteiger partial charge < -0.3 is 5.32 Å². The summed E-state index contributed by atoms with van der Waals surface area (Å²) in [6, 6.07) is 13.1. The van der Waals surface area contributed by atoms with Crippen LogP contribution < -0.4 is 9.62 Å². The smallest absolute Gasteiger partial charge is 0.264 e. The van der Waals surface area contributed by atoms with E-state index in [1.54, 1.807) is 12.1 Å². The summed E-state index contributed by atoms with van der Waals surface area (Å²) >= 11 is 5.91. The van der Waals surface area contributed by atoms with Crippen LogP contribution in [0.2, 0.25) is 5.02 Å². The van der Waals surface area contributed by atoms with Gasteiger partial charge in [0.1, 0.15) is 6.54 Å². The number of carbonyl (C=O) groups is 1. The topological polar surface area (TPSA) is 66.5 Å².